The molecule has 1 unspecified atom stereocenters. The van der Waals surface area contributed by atoms with E-state index in [1.807, 2.05) is 11.8 Å². The molecule has 0 spiro atoms. The average Bonchev–Trinajstić information content (AvgIpc) is 3.00. The maximum atomic E-state index is 13.1. The molecule has 2 heterocycles. The Labute approximate surface area is 102 Å². The lowest BCUT2D eigenvalue weighted by atomic mass is 10.2. The van der Waals surface area contributed by atoms with Gasteiger partial charge in [0.1, 0.15) is 5.82 Å². The van der Waals surface area contributed by atoms with Crippen LogP contribution in [0.2, 0.25) is 0 Å². The molecule has 0 aliphatic carbocycles. The lowest BCUT2D eigenvalue weighted by Gasteiger charge is -1.98. The first-order chi connectivity index (χ1) is 8.33. The Balaban J connectivity index is 1.89. The summed E-state index contributed by atoms with van der Waals surface area (Å²) in [6.45, 7) is 0. The summed E-state index contributed by atoms with van der Waals surface area (Å²) >= 11 is 1.84. The number of thioether (sulfide) groups is 1. The van der Waals surface area contributed by atoms with Crippen LogP contribution in [0.15, 0.2) is 28.8 Å². The molecule has 17 heavy (non-hydrogen) atoms. The molecule has 5 heteroatoms. The zero-order valence-electron chi connectivity index (χ0n) is 9.10. The monoisotopic (exact) mass is 250 g/mol. The number of nitrogens with zero attached hydrogens (tertiary/aromatic N) is 2. The normalized spacial score (nSPS) is 19.7. The van der Waals surface area contributed by atoms with Crippen LogP contribution in [0.5, 0.6) is 0 Å². The van der Waals surface area contributed by atoms with Crippen LogP contribution in [0.4, 0.5) is 4.39 Å². The Hall–Kier alpha value is -1.36. The molecule has 0 radical (unpaired) electrons. The second kappa shape index (κ2) is 4.49. The minimum atomic E-state index is -0.288. The van der Waals surface area contributed by atoms with Crippen molar-refractivity contribution in [3.05, 3.63) is 36.0 Å². The molecule has 0 saturated carbocycles. The number of rotatable bonds is 2. The van der Waals surface area contributed by atoms with Crippen LogP contribution >= 0.6 is 11.8 Å². The summed E-state index contributed by atoms with van der Waals surface area (Å²) in [7, 11) is 0. The van der Waals surface area contributed by atoms with Gasteiger partial charge in [-0.2, -0.15) is 4.98 Å². The Morgan fingerprint density at radius 2 is 2.35 bits per heavy atom. The number of benzene rings is 1. The van der Waals surface area contributed by atoms with Gasteiger partial charge in [0.25, 0.3) is 0 Å². The van der Waals surface area contributed by atoms with Gasteiger partial charge in [-0.3, -0.25) is 0 Å². The molecule has 1 saturated heterocycles. The van der Waals surface area contributed by atoms with Gasteiger partial charge in [0, 0.05) is 5.56 Å². The third-order valence-corrected chi connectivity index (χ3v) is 4.09. The van der Waals surface area contributed by atoms with Crippen molar-refractivity contribution < 1.29 is 8.91 Å². The SMILES string of the molecule is Fc1cccc(-c2noc(C3CCCS3)n2)c1. The van der Waals surface area contributed by atoms with Gasteiger partial charge < -0.3 is 4.52 Å². The van der Waals surface area contributed by atoms with Gasteiger partial charge in [0.15, 0.2) is 0 Å². The maximum Gasteiger partial charge on any atom is 0.240 e. The van der Waals surface area contributed by atoms with Crippen LogP contribution in [0.3, 0.4) is 0 Å². The zero-order chi connectivity index (χ0) is 11.7. The topological polar surface area (TPSA) is 38.9 Å². The van der Waals surface area contributed by atoms with Gasteiger partial charge in [-0.05, 0) is 30.7 Å². The lowest BCUT2D eigenvalue weighted by molar-refractivity contribution is 0.375. The van der Waals surface area contributed by atoms with Crippen molar-refractivity contribution in [3.63, 3.8) is 0 Å². The highest BCUT2D eigenvalue weighted by molar-refractivity contribution is 7.99. The summed E-state index contributed by atoms with van der Waals surface area (Å²) < 4.78 is 18.3. The van der Waals surface area contributed by atoms with Crippen molar-refractivity contribution >= 4 is 11.8 Å². The van der Waals surface area contributed by atoms with Gasteiger partial charge in [-0.1, -0.05) is 17.3 Å². The molecule has 0 N–H and O–H groups in total. The number of hydrogen-bond acceptors (Lipinski definition) is 4. The second-order valence-electron chi connectivity index (χ2n) is 3.97. The average molecular weight is 250 g/mol. The fourth-order valence-electron chi connectivity index (χ4n) is 1.88. The van der Waals surface area contributed by atoms with Gasteiger partial charge in [0.05, 0.1) is 5.25 Å². The molecule has 88 valence electrons. The summed E-state index contributed by atoms with van der Waals surface area (Å²) in [5.74, 6) is 1.98. The Bertz CT molecular complexity index is 523. The molecule has 1 aliphatic heterocycles. The lowest BCUT2D eigenvalue weighted by Crippen LogP contribution is -1.88. The van der Waals surface area contributed by atoms with E-state index >= 15 is 0 Å². The minimum Gasteiger partial charge on any atom is -0.338 e. The first kappa shape index (κ1) is 10.8. The summed E-state index contributed by atoms with van der Waals surface area (Å²) in [5.41, 5.74) is 0.656. The molecule has 1 aliphatic rings. The largest absolute Gasteiger partial charge is 0.338 e. The first-order valence-corrected chi connectivity index (χ1v) is 6.59. The van der Waals surface area contributed by atoms with Crippen LogP contribution in [0.25, 0.3) is 11.4 Å². The molecule has 2 aromatic rings. The number of hydrogen-bond donors (Lipinski definition) is 0. The molecule has 1 atom stereocenters. The summed E-state index contributed by atoms with van der Waals surface area (Å²) in [4.78, 5) is 4.34. The Kier molecular flexibility index (Phi) is 2.84. The van der Waals surface area contributed by atoms with E-state index in [2.05, 4.69) is 10.1 Å². The predicted molar refractivity (Wildman–Crippen MR) is 64.1 cm³/mol. The predicted octanol–water partition coefficient (Wildman–Crippen LogP) is 3.44. The highest BCUT2D eigenvalue weighted by Crippen LogP contribution is 2.39. The van der Waals surface area contributed by atoms with E-state index < -0.39 is 0 Å². The molecule has 3 rings (SSSR count). The molecule has 1 aromatic heterocycles. The first-order valence-electron chi connectivity index (χ1n) is 5.54. The van der Waals surface area contributed by atoms with Gasteiger partial charge >= 0.3 is 0 Å². The molecule has 1 fully saturated rings. The van der Waals surface area contributed by atoms with E-state index in [0.29, 0.717) is 22.5 Å². The highest BCUT2D eigenvalue weighted by atomic mass is 32.2. The van der Waals surface area contributed by atoms with Gasteiger partial charge in [0.2, 0.25) is 11.7 Å². The zero-order valence-corrected chi connectivity index (χ0v) is 9.91. The van der Waals surface area contributed by atoms with Crippen LogP contribution in [0.1, 0.15) is 24.0 Å². The van der Waals surface area contributed by atoms with Crippen molar-refractivity contribution in [3.8, 4) is 11.4 Å². The van der Waals surface area contributed by atoms with E-state index in [1.54, 1.807) is 12.1 Å². The van der Waals surface area contributed by atoms with Crippen LogP contribution < -0.4 is 0 Å². The van der Waals surface area contributed by atoms with Gasteiger partial charge in [-0.15, -0.1) is 11.8 Å². The van der Waals surface area contributed by atoms with Crippen LogP contribution in [-0.2, 0) is 0 Å². The van der Waals surface area contributed by atoms with E-state index in [0.717, 1.165) is 12.2 Å². The van der Waals surface area contributed by atoms with Crippen molar-refractivity contribution in [2.45, 2.75) is 18.1 Å². The Morgan fingerprint density at radius 3 is 3.12 bits per heavy atom. The summed E-state index contributed by atoms with van der Waals surface area (Å²) in [6, 6.07) is 6.23. The van der Waals surface area contributed by atoms with E-state index in [-0.39, 0.29) is 5.82 Å². The van der Waals surface area contributed by atoms with Gasteiger partial charge in [-0.25, -0.2) is 4.39 Å². The standard InChI is InChI=1S/C12H11FN2OS/c13-9-4-1-3-8(7-9)11-14-12(16-15-11)10-5-2-6-17-10/h1,3-4,7,10H,2,5-6H2. The maximum absolute atomic E-state index is 13.1. The molecule has 0 amide bonds. The molecular formula is C12H11FN2OS. The van der Waals surface area contributed by atoms with E-state index in [4.69, 9.17) is 4.52 Å². The molecule has 0 bridgehead atoms. The van der Waals surface area contributed by atoms with Crippen molar-refractivity contribution in [2.24, 2.45) is 0 Å². The quantitative estimate of drug-likeness (QED) is 0.818. The summed E-state index contributed by atoms with van der Waals surface area (Å²) in [5, 5.41) is 4.22. The fourth-order valence-corrected chi connectivity index (χ4v) is 3.07. The second-order valence-corrected chi connectivity index (χ2v) is 5.28. The smallest absolute Gasteiger partial charge is 0.240 e. The number of halogens is 1. The fraction of sp³-hybridized carbons (Fsp3) is 0.333. The van der Waals surface area contributed by atoms with Crippen LogP contribution in [0, 0.1) is 5.82 Å². The summed E-state index contributed by atoms with van der Waals surface area (Å²) in [6.07, 6.45) is 2.27. The molecule has 1 aromatic carbocycles. The van der Waals surface area contributed by atoms with Crippen LogP contribution in [-0.4, -0.2) is 15.9 Å². The van der Waals surface area contributed by atoms with Crippen molar-refractivity contribution in [2.75, 3.05) is 5.75 Å². The van der Waals surface area contributed by atoms with E-state index in [9.17, 15) is 4.39 Å². The third kappa shape index (κ3) is 2.20. The minimum absolute atomic E-state index is 0.288. The molecule has 3 nitrogen and oxygen atoms in total. The van der Waals surface area contributed by atoms with Crippen molar-refractivity contribution in [1.29, 1.82) is 0 Å². The third-order valence-electron chi connectivity index (χ3n) is 2.73. The highest BCUT2D eigenvalue weighted by Gasteiger charge is 2.23. The Morgan fingerprint density at radius 1 is 1.41 bits per heavy atom. The van der Waals surface area contributed by atoms with Crippen molar-refractivity contribution in [1.82, 2.24) is 10.1 Å². The number of aromatic nitrogens is 2. The van der Waals surface area contributed by atoms with E-state index in [1.165, 1.54) is 18.6 Å². The molecular weight excluding hydrogens is 239 g/mol.